The Morgan fingerprint density at radius 1 is 1.08 bits per heavy atom. The smallest absolute Gasteiger partial charge is 0.251 e. The number of hydrogen-bond acceptors (Lipinski definition) is 4. The molecule has 2 aromatic carbocycles. The van der Waals surface area contributed by atoms with E-state index in [0.29, 0.717) is 35.1 Å². The lowest BCUT2D eigenvalue weighted by molar-refractivity contribution is 0.0958. The number of anilines is 1. The van der Waals surface area contributed by atoms with Crippen LogP contribution < -0.4 is 10.2 Å². The topological polar surface area (TPSA) is 47.9 Å². The van der Waals surface area contributed by atoms with Gasteiger partial charge in [-0.25, -0.2) is 0 Å². The summed E-state index contributed by atoms with van der Waals surface area (Å²) in [6.07, 6.45) is 5.70. The Balaban J connectivity index is 1.53. The van der Waals surface area contributed by atoms with Crippen molar-refractivity contribution in [3.8, 4) is 0 Å². The number of amides is 1. The van der Waals surface area contributed by atoms with Gasteiger partial charge in [0.2, 0.25) is 0 Å². The normalized spacial score (nSPS) is 23.7. The van der Waals surface area contributed by atoms with Gasteiger partial charge in [-0.05, 0) is 101 Å². The molecule has 0 spiro atoms. The maximum atomic E-state index is 13.5. The van der Waals surface area contributed by atoms with Gasteiger partial charge in [-0.15, -0.1) is 0 Å². The lowest BCUT2D eigenvalue weighted by Gasteiger charge is -2.40. The van der Waals surface area contributed by atoms with Crippen molar-refractivity contribution in [1.82, 2.24) is 10.2 Å². The van der Waals surface area contributed by atoms with Gasteiger partial charge in [0.05, 0.1) is 12.2 Å². The summed E-state index contributed by atoms with van der Waals surface area (Å²) in [6, 6.07) is 13.3. The first-order valence-electron chi connectivity index (χ1n) is 13.9. The Morgan fingerprint density at radius 2 is 1.76 bits per heavy atom. The quantitative estimate of drug-likeness (QED) is 0.441. The second kappa shape index (κ2) is 12.0. The Labute approximate surface area is 228 Å². The van der Waals surface area contributed by atoms with E-state index in [1.54, 1.807) is 0 Å². The molecule has 0 radical (unpaired) electrons. The van der Waals surface area contributed by atoms with Crippen molar-refractivity contribution >= 4 is 34.6 Å². The van der Waals surface area contributed by atoms with Crippen LogP contribution in [0.5, 0.6) is 0 Å². The molecule has 6 heteroatoms. The fraction of sp³-hybridized carbons (Fsp3) is 0.548. The minimum atomic E-state index is -0.0892. The third kappa shape index (κ3) is 6.21. The number of aliphatic imine (C=N–C) groups is 1. The molecule has 2 unspecified atom stereocenters. The molecule has 2 aliphatic rings. The largest absolute Gasteiger partial charge is 0.369 e. The van der Waals surface area contributed by atoms with Crippen LogP contribution in [0.15, 0.2) is 41.4 Å². The Hall–Kier alpha value is -2.37. The van der Waals surface area contributed by atoms with E-state index in [0.717, 1.165) is 48.5 Å². The molecule has 37 heavy (non-hydrogen) atoms. The van der Waals surface area contributed by atoms with Gasteiger partial charge in [-0.2, -0.15) is 0 Å². The number of carbonyl (C=O) groups excluding carboxylic acids is 1. The first-order chi connectivity index (χ1) is 17.7. The molecule has 5 nitrogen and oxygen atoms in total. The summed E-state index contributed by atoms with van der Waals surface area (Å²) in [7, 11) is 4.35. The van der Waals surface area contributed by atoms with Gasteiger partial charge in [0.15, 0.2) is 0 Å². The number of fused-ring (bicyclic) bond motifs is 1. The second-order valence-corrected chi connectivity index (χ2v) is 11.6. The van der Waals surface area contributed by atoms with Crippen LogP contribution in [0.25, 0.3) is 0 Å². The number of rotatable bonds is 7. The second-order valence-electron chi connectivity index (χ2n) is 11.2. The van der Waals surface area contributed by atoms with E-state index in [9.17, 15) is 4.79 Å². The zero-order chi connectivity index (χ0) is 26.7. The molecule has 0 saturated heterocycles. The molecule has 1 fully saturated rings. The van der Waals surface area contributed by atoms with Crippen LogP contribution in [0.1, 0.15) is 67.9 Å². The number of benzene rings is 2. The maximum absolute atomic E-state index is 13.5. The van der Waals surface area contributed by atoms with Crippen molar-refractivity contribution in [3.05, 3.63) is 58.1 Å². The number of hydrogen-bond donors (Lipinski definition) is 1. The van der Waals surface area contributed by atoms with E-state index in [1.165, 1.54) is 18.4 Å². The van der Waals surface area contributed by atoms with Gasteiger partial charge in [0, 0.05) is 40.6 Å². The molecule has 2 aromatic rings. The molecule has 1 aliphatic carbocycles. The molecular weight excluding hydrogens is 480 g/mol. The molecule has 1 amide bonds. The first kappa shape index (κ1) is 27.7. The van der Waals surface area contributed by atoms with E-state index in [-0.39, 0.29) is 11.8 Å². The highest BCUT2D eigenvalue weighted by Crippen LogP contribution is 2.34. The van der Waals surface area contributed by atoms with Crippen molar-refractivity contribution < 1.29 is 4.79 Å². The summed E-state index contributed by atoms with van der Waals surface area (Å²) in [6.45, 7) is 10.1. The molecule has 1 N–H and O–H groups in total. The minimum Gasteiger partial charge on any atom is -0.369 e. The molecule has 200 valence electrons. The van der Waals surface area contributed by atoms with Gasteiger partial charge in [0.1, 0.15) is 0 Å². The van der Waals surface area contributed by atoms with Crippen LogP contribution in [0.2, 0.25) is 5.02 Å². The van der Waals surface area contributed by atoms with Crippen LogP contribution in [0.4, 0.5) is 11.4 Å². The van der Waals surface area contributed by atoms with Crippen LogP contribution >= 0.6 is 11.6 Å². The molecule has 1 saturated carbocycles. The summed E-state index contributed by atoms with van der Waals surface area (Å²) in [5.41, 5.74) is 6.05. The van der Waals surface area contributed by atoms with Gasteiger partial charge < -0.3 is 15.1 Å². The van der Waals surface area contributed by atoms with Gasteiger partial charge in [-0.3, -0.25) is 9.79 Å². The summed E-state index contributed by atoms with van der Waals surface area (Å²) in [4.78, 5) is 23.3. The number of halogens is 1. The fourth-order valence-electron chi connectivity index (χ4n) is 6.08. The average molecular weight is 523 g/mol. The van der Waals surface area contributed by atoms with Crippen molar-refractivity contribution in [2.45, 2.75) is 71.9 Å². The summed E-state index contributed by atoms with van der Waals surface area (Å²) in [5.74, 6) is 0.657. The SMILES string of the molecule is CCN(c1cc(Cl)cc(C(=O)NCC2=Nc3ccccc3CC(C)C2C)c1C)C1CCC(N(C)C)CC1. The molecule has 4 rings (SSSR count). The highest BCUT2D eigenvalue weighted by molar-refractivity contribution is 6.31. The lowest BCUT2D eigenvalue weighted by atomic mass is 9.87. The third-order valence-corrected chi connectivity index (χ3v) is 8.90. The Morgan fingerprint density at radius 3 is 2.43 bits per heavy atom. The molecular formula is C31H43ClN4O. The van der Waals surface area contributed by atoms with Crippen LogP contribution in [-0.4, -0.2) is 55.8 Å². The van der Waals surface area contributed by atoms with Crippen LogP contribution in [0, 0.1) is 18.8 Å². The van der Waals surface area contributed by atoms with E-state index in [2.05, 4.69) is 75.1 Å². The van der Waals surface area contributed by atoms with Crippen molar-refractivity contribution in [1.29, 1.82) is 0 Å². The number of para-hydroxylation sites is 1. The van der Waals surface area contributed by atoms with E-state index < -0.39 is 0 Å². The predicted molar refractivity (Wildman–Crippen MR) is 157 cm³/mol. The monoisotopic (exact) mass is 522 g/mol. The third-order valence-electron chi connectivity index (χ3n) is 8.68. The average Bonchev–Trinajstić information content (AvgIpc) is 3.00. The predicted octanol–water partition coefficient (Wildman–Crippen LogP) is 6.68. The summed E-state index contributed by atoms with van der Waals surface area (Å²) in [5, 5.41) is 3.78. The molecule has 0 aromatic heterocycles. The number of carbonyl (C=O) groups is 1. The zero-order valence-corrected chi connectivity index (χ0v) is 24.1. The first-order valence-corrected chi connectivity index (χ1v) is 14.2. The maximum Gasteiger partial charge on any atom is 0.251 e. The van der Waals surface area contributed by atoms with Gasteiger partial charge in [0.25, 0.3) is 5.91 Å². The van der Waals surface area contributed by atoms with Gasteiger partial charge >= 0.3 is 0 Å². The standard InChI is InChI=1S/C31H43ClN4O/c1-7-36(26-14-12-25(13-15-26)35(5)6)30-18-24(32)17-27(22(30)4)31(37)33-19-29-21(3)20(2)16-23-10-8-9-11-28(23)34-29/h8-11,17-18,20-21,25-26H,7,12-16,19H2,1-6H3,(H,33,37). The van der Waals surface area contributed by atoms with Crippen molar-refractivity contribution in [2.24, 2.45) is 16.8 Å². The number of nitrogens with one attached hydrogen (secondary N) is 1. The van der Waals surface area contributed by atoms with Gasteiger partial charge in [-0.1, -0.05) is 43.6 Å². The van der Waals surface area contributed by atoms with Crippen LogP contribution in [0.3, 0.4) is 0 Å². The molecule has 1 heterocycles. The Bertz CT molecular complexity index is 1140. The fourth-order valence-corrected chi connectivity index (χ4v) is 6.29. The van der Waals surface area contributed by atoms with Crippen molar-refractivity contribution in [2.75, 3.05) is 32.1 Å². The summed E-state index contributed by atoms with van der Waals surface area (Å²) >= 11 is 6.60. The summed E-state index contributed by atoms with van der Waals surface area (Å²) < 4.78 is 0. The number of nitrogens with zero attached hydrogens (tertiary/aromatic N) is 3. The lowest BCUT2D eigenvalue weighted by Crippen LogP contribution is -2.42. The van der Waals surface area contributed by atoms with E-state index in [4.69, 9.17) is 16.6 Å². The highest BCUT2D eigenvalue weighted by atomic mass is 35.5. The van der Waals surface area contributed by atoms with Crippen molar-refractivity contribution in [3.63, 3.8) is 0 Å². The molecule has 2 atom stereocenters. The minimum absolute atomic E-state index is 0.0892. The Kier molecular flexibility index (Phi) is 8.97. The highest BCUT2D eigenvalue weighted by Gasteiger charge is 2.29. The molecule has 0 bridgehead atoms. The van der Waals surface area contributed by atoms with Crippen LogP contribution in [-0.2, 0) is 6.42 Å². The van der Waals surface area contributed by atoms with E-state index >= 15 is 0 Å². The zero-order valence-electron chi connectivity index (χ0n) is 23.4. The van der Waals surface area contributed by atoms with E-state index in [1.807, 2.05) is 18.2 Å². The molecule has 1 aliphatic heterocycles.